The number of rotatable bonds is 4. The van der Waals surface area contributed by atoms with Crippen molar-refractivity contribution in [2.75, 3.05) is 0 Å². The SMILES string of the molecule is Cc1cc(-c2cccc(-n3c4ccccc4c4ccc(C5(c6ccccn6)c6ccccc6[Si](C)(C)c6ccccc65)cc43)c2)n[nH]1. The highest BCUT2D eigenvalue weighted by molar-refractivity contribution is 7.01. The molecule has 0 saturated heterocycles. The second kappa shape index (κ2) is 10.2. The Morgan fingerprint density at radius 2 is 1.34 bits per heavy atom. The predicted octanol–water partition coefficient (Wildman–Crippen LogP) is 8.40. The zero-order chi connectivity index (χ0) is 31.8. The third-order valence-corrected chi connectivity index (χ3v) is 13.8. The molecule has 47 heavy (non-hydrogen) atoms. The summed E-state index contributed by atoms with van der Waals surface area (Å²) < 4.78 is 2.42. The van der Waals surface area contributed by atoms with Gasteiger partial charge >= 0.3 is 0 Å². The molecule has 1 aliphatic heterocycles. The quantitative estimate of drug-likeness (QED) is 0.200. The summed E-state index contributed by atoms with van der Waals surface area (Å²) in [6, 6.07) is 51.3. The Balaban J connectivity index is 1.40. The molecule has 3 aromatic heterocycles. The number of aromatic amines is 1. The summed E-state index contributed by atoms with van der Waals surface area (Å²) in [6.45, 7) is 7.02. The minimum absolute atomic E-state index is 0.582. The smallest absolute Gasteiger partial charge is 0.113 e. The summed E-state index contributed by atoms with van der Waals surface area (Å²) in [5.41, 5.74) is 10.9. The molecule has 0 amide bonds. The molecule has 4 nitrogen and oxygen atoms in total. The van der Waals surface area contributed by atoms with Gasteiger partial charge in [-0.25, -0.2) is 0 Å². The minimum atomic E-state index is -2.01. The molecule has 8 aromatic rings. The van der Waals surface area contributed by atoms with Crippen molar-refractivity contribution in [3.63, 3.8) is 0 Å². The number of para-hydroxylation sites is 1. The van der Waals surface area contributed by atoms with Crippen LogP contribution >= 0.6 is 0 Å². The van der Waals surface area contributed by atoms with Crippen LogP contribution in [0.25, 0.3) is 38.8 Å². The normalized spacial score (nSPS) is 14.6. The molecular weight excluding hydrogens is 589 g/mol. The van der Waals surface area contributed by atoms with Crippen molar-refractivity contribution in [2.45, 2.75) is 25.4 Å². The average Bonchev–Trinajstić information content (AvgIpc) is 3.70. The summed E-state index contributed by atoms with van der Waals surface area (Å²) in [6.07, 6.45) is 1.94. The molecule has 0 fully saturated rings. The van der Waals surface area contributed by atoms with Gasteiger partial charge < -0.3 is 4.57 Å². The maximum absolute atomic E-state index is 5.15. The number of aryl methyl sites for hydroxylation is 1. The van der Waals surface area contributed by atoms with E-state index < -0.39 is 13.5 Å². The molecule has 1 N–H and O–H groups in total. The van der Waals surface area contributed by atoms with E-state index in [1.807, 2.05) is 19.2 Å². The monoisotopic (exact) mass is 622 g/mol. The summed E-state index contributed by atoms with van der Waals surface area (Å²) in [5, 5.41) is 13.1. The van der Waals surface area contributed by atoms with Gasteiger partial charge in [0.25, 0.3) is 0 Å². The van der Waals surface area contributed by atoms with Crippen molar-refractivity contribution >= 4 is 40.3 Å². The van der Waals surface area contributed by atoms with Gasteiger partial charge in [-0.1, -0.05) is 110 Å². The van der Waals surface area contributed by atoms with E-state index in [1.54, 1.807) is 0 Å². The number of hydrogen-bond acceptors (Lipinski definition) is 2. The molecule has 0 unspecified atom stereocenters. The number of fused-ring (bicyclic) bond motifs is 5. The molecule has 9 rings (SSSR count). The van der Waals surface area contributed by atoms with E-state index in [1.165, 1.54) is 48.9 Å². The zero-order valence-corrected chi connectivity index (χ0v) is 27.7. The topological polar surface area (TPSA) is 46.5 Å². The molecule has 0 bridgehead atoms. The van der Waals surface area contributed by atoms with Gasteiger partial charge in [-0.05, 0) is 76.5 Å². The van der Waals surface area contributed by atoms with Crippen LogP contribution in [0.5, 0.6) is 0 Å². The van der Waals surface area contributed by atoms with Crippen LogP contribution in [0.2, 0.25) is 13.1 Å². The van der Waals surface area contributed by atoms with Crippen LogP contribution in [-0.2, 0) is 5.41 Å². The zero-order valence-electron chi connectivity index (χ0n) is 26.7. The lowest BCUT2D eigenvalue weighted by Crippen LogP contribution is -2.63. The van der Waals surface area contributed by atoms with E-state index in [0.29, 0.717) is 0 Å². The van der Waals surface area contributed by atoms with Crippen LogP contribution < -0.4 is 10.4 Å². The molecule has 5 heteroatoms. The Morgan fingerprint density at radius 3 is 2.06 bits per heavy atom. The lowest BCUT2D eigenvalue weighted by atomic mass is 9.66. The third-order valence-electron chi connectivity index (χ3n) is 10.3. The fourth-order valence-corrected chi connectivity index (χ4v) is 11.4. The predicted molar refractivity (Wildman–Crippen MR) is 196 cm³/mol. The molecule has 0 saturated carbocycles. The summed E-state index contributed by atoms with van der Waals surface area (Å²) in [7, 11) is -2.01. The molecular formula is C42H34N4Si. The van der Waals surface area contributed by atoms with Crippen molar-refractivity contribution in [3.05, 3.63) is 174 Å². The van der Waals surface area contributed by atoms with Crippen molar-refractivity contribution in [1.82, 2.24) is 19.7 Å². The highest BCUT2D eigenvalue weighted by atomic mass is 28.3. The molecule has 0 aliphatic carbocycles. The van der Waals surface area contributed by atoms with E-state index in [4.69, 9.17) is 4.98 Å². The summed E-state index contributed by atoms with van der Waals surface area (Å²) >= 11 is 0. The Morgan fingerprint density at radius 1 is 0.638 bits per heavy atom. The second-order valence-corrected chi connectivity index (χ2v) is 17.6. The standard InChI is InChI=1S/C42H34N4Si/c1-28-25-36(45-44-28)29-13-12-14-31(26-29)46-37-18-7-4-15-32(37)33-23-22-30(27-38(33)46)42(41-21-10-11-24-43-41)34-16-5-8-19-39(34)47(2,3)40-20-9-6-17-35(40)42/h4-27H,1-3H3,(H,44,45). The Bertz CT molecular complexity index is 2420. The molecule has 226 valence electrons. The number of hydrogen-bond donors (Lipinski definition) is 1. The van der Waals surface area contributed by atoms with E-state index in [9.17, 15) is 0 Å². The Hall–Kier alpha value is -5.52. The van der Waals surface area contributed by atoms with Crippen LogP contribution in [-0.4, -0.2) is 27.8 Å². The molecule has 0 spiro atoms. The van der Waals surface area contributed by atoms with Crippen molar-refractivity contribution in [1.29, 1.82) is 0 Å². The number of pyridine rings is 1. The van der Waals surface area contributed by atoms with Crippen LogP contribution in [0.15, 0.2) is 146 Å². The van der Waals surface area contributed by atoms with Gasteiger partial charge in [0.05, 0.1) is 27.8 Å². The Kier molecular flexibility index (Phi) is 6.05. The molecule has 4 heterocycles. The van der Waals surface area contributed by atoms with E-state index in [0.717, 1.165) is 28.3 Å². The Labute approximate surface area is 275 Å². The van der Waals surface area contributed by atoms with Gasteiger partial charge in [-0.15, -0.1) is 0 Å². The first-order valence-corrected chi connectivity index (χ1v) is 19.3. The van der Waals surface area contributed by atoms with Crippen molar-refractivity contribution < 1.29 is 0 Å². The van der Waals surface area contributed by atoms with Crippen LogP contribution in [0.1, 0.15) is 28.1 Å². The van der Waals surface area contributed by atoms with Crippen LogP contribution in [0.4, 0.5) is 0 Å². The number of H-pyrrole nitrogens is 1. The van der Waals surface area contributed by atoms with Crippen LogP contribution in [0.3, 0.4) is 0 Å². The summed E-state index contributed by atoms with van der Waals surface area (Å²) in [5.74, 6) is 0. The summed E-state index contributed by atoms with van der Waals surface area (Å²) in [4.78, 5) is 5.15. The fourth-order valence-electron chi connectivity index (χ4n) is 8.17. The lowest BCUT2D eigenvalue weighted by Gasteiger charge is -2.46. The lowest BCUT2D eigenvalue weighted by molar-refractivity contribution is 0.719. The van der Waals surface area contributed by atoms with Gasteiger partial charge in [-0.2, -0.15) is 5.10 Å². The maximum Gasteiger partial charge on any atom is 0.113 e. The molecule has 5 aromatic carbocycles. The molecule has 1 aliphatic rings. The maximum atomic E-state index is 5.15. The number of nitrogens with one attached hydrogen (secondary N) is 1. The van der Waals surface area contributed by atoms with Gasteiger partial charge in [0.15, 0.2) is 0 Å². The minimum Gasteiger partial charge on any atom is -0.309 e. The molecule has 0 radical (unpaired) electrons. The first kappa shape index (κ1) is 27.8. The van der Waals surface area contributed by atoms with Crippen molar-refractivity contribution in [2.24, 2.45) is 0 Å². The van der Waals surface area contributed by atoms with E-state index in [2.05, 4.69) is 161 Å². The first-order valence-electron chi connectivity index (χ1n) is 16.3. The van der Waals surface area contributed by atoms with Crippen LogP contribution in [0, 0.1) is 6.92 Å². The number of nitrogens with zero attached hydrogens (tertiary/aromatic N) is 3. The third kappa shape index (κ3) is 3.93. The van der Waals surface area contributed by atoms with E-state index >= 15 is 0 Å². The number of aromatic nitrogens is 4. The highest BCUT2D eigenvalue weighted by Crippen LogP contribution is 2.47. The average molecular weight is 623 g/mol. The highest BCUT2D eigenvalue weighted by Gasteiger charge is 2.50. The van der Waals surface area contributed by atoms with Gasteiger partial charge in [0.2, 0.25) is 0 Å². The largest absolute Gasteiger partial charge is 0.309 e. The molecule has 0 atom stereocenters. The van der Waals surface area contributed by atoms with Gasteiger partial charge in [-0.3, -0.25) is 10.1 Å². The number of benzene rings is 5. The fraction of sp³-hybridized carbons (Fsp3) is 0.0952. The first-order chi connectivity index (χ1) is 23.0. The van der Waals surface area contributed by atoms with Gasteiger partial charge in [0, 0.05) is 33.9 Å². The van der Waals surface area contributed by atoms with Crippen molar-refractivity contribution in [3.8, 4) is 16.9 Å². The van der Waals surface area contributed by atoms with Gasteiger partial charge in [0.1, 0.15) is 8.07 Å². The van der Waals surface area contributed by atoms with E-state index in [-0.39, 0.29) is 0 Å². The second-order valence-electron chi connectivity index (χ2n) is 13.3.